The summed E-state index contributed by atoms with van der Waals surface area (Å²) in [6.07, 6.45) is 1.25. The van der Waals surface area contributed by atoms with Gasteiger partial charge in [0.2, 0.25) is 0 Å². The van der Waals surface area contributed by atoms with E-state index in [9.17, 15) is 14.4 Å². The van der Waals surface area contributed by atoms with Crippen molar-refractivity contribution in [3.05, 3.63) is 95.1 Å². The molecule has 0 bridgehead atoms. The van der Waals surface area contributed by atoms with Crippen molar-refractivity contribution < 1.29 is 19.5 Å². The van der Waals surface area contributed by atoms with E-state index in [4.69, 9.17) is 16.7 Å². The smallest absolute Gasteiger partial charge is 0.303 e. The number of aliphatic carboxylic acids is 1. The van der Waals surface area contributed by atoms with E-state index in [2.05, 4.69) is 0 Å². The lowest BCUT2D eigenvalue weighted by Crippen LogP contribution is -2.09. The largest absolute Gasteiger partial charge is 0.481 e. The van der Waals surface area contributed by atoms with Crippen LogP contribution in [0.4, 0.5) is 0 Å². The van der Waals surface area contributed by atoms with Crippen molar-refractivity contribution in [2.45, 2.75) is 19.4 Å². The first kappa shape index (κ1) is 21.5. The summed E-state index contributed by atoms with van der Waals surface area (Å²) in [6, 6.07) is 22.5. The zero-order valence-electron chi connectivity index (χ0n) is 17.1. The standard InChI is InChI=1S/C26H20ClNO4/c27-20-10-11-23-21(14-20)22(24(29)12-13-26(31)32)15-28(23)16-25(30)19-8-6-18(7-9-19)17-4-2-1-3-5-17/h1-11,14-15H,12-13,16H2,(H,31,32). The van der Waals surface area contributed by atoms with Gasteiger partial charge in [-0.2, -0.15) is 0 Å². The third kappa shape index (κ3) is 4.63. The summed E-state index contributed by atoms with van der Waals surface area (Å²) in [7, 11) is 0. The van der Waals surface area contributed by atoms with Gasteiger partial charge in [0, 0.05) is 39.7 Å². The molecule has 0 spiro atoms. The highest BCUT2D eigenvalue weighted by Gasteiger charge is 2.18. The van der Waals surface area contributed by atoms with Crippen LogP contribution in [0.25, 0.3) is 22.0 Å². The number of fused-ring (bicyclic) bond motifs is 1. The molecule has 0 aliphatic rings. The van der Waals surface area contributed by atoms with E-state index in [0.717, 1.165) is 11.1 Å². The van der Waals surface area contributed by atoms with E-state index >= 15 is 0 Å². The summed E-state index contributed by atoms with van der Waals surface area (Å²) >= 11 is 6.12. The molecule has 0 saturated heterocycles. The van der Waals surface area contributed by atoms with Gasteiger partial charge in [-0.3, -0.25) is 14.4 Å². The van der Waals surface area contributed by atoms with Crippen molar-refractivity contribution in [2.75, 3.05) is 0 Å². The predicted octanol–water partition coefficient (Wildman–Crippen LogP) is 5.89. The van der Waals surface area contributed by atoms with Crippen LogP contribution in [0.15, 0.2) is 79.0 Å². The van der Waals surface area contributed by atoms with Crippen molar-refractivity contribution in [3.8, 4) is 11.1 Å². The maximum Gasteiger partial charge on any atom is 0.303 e. The van der Waals surface area contributed by atoms with Gasteiger partial charge < -0.3 is 9.67 Å². The molecule has 3 aromatic carbocycles. The van der Waals surface area contributed by atoms with Gasteiger partial charge in [0.25, 0.3) is 0 Å². The van der Waals surface area contributed by atoms with Gasteiger partial charge >= 0.3 is 5.97 Å². The number of ketones is 2. The molecular weight excluding hydrogens is 426 g/mol. The van der Waals surface area contributed by atoms with E-state index < -0.39 is 5.97 Å². The second-order valence-electron chi connectivity index (χ2n) is 7.52. The van der Waals surface area contributed by atoms with Gasteiger partial charge in [-0.1, -0.05) is 66.2 Å². The Labute approximate surface area is 189 Å². The Morgan fingerprint density at radius 2 is 1.50 bits per heavy atom. The topological polar surface area (TPSA) is 76.4 Å². The number of halogens is 1. The summed E-state index contributed by atoms with van der Waals surface area (Å²) in [4.78, 5) is 36.4. The first-order valence-corrected chi connectivity index (χ1v) is 10.5. The van der Waals surface area contributed by atoms with Crippen molar-refractivity contribution in [3.63, 3.8) is 0 Å². The Hall–Kier alpha value is -3.70. The Bertz CT molecular complexity index is 1310. The molecule has 6 heteroatoms. The molecule has 0 fully saturated rings. The molecule has 1 N–H and O–H groups in total. The minimum atomic E-state index is -1.03. The Kier molecular flexibility index (Phi) is 6.19. The number of carbonyl (C=O) groups excluding carboxylic acids is 2. The minimum Gasteiger partial charge on any atom is -0.481 e. The van der Waals surface area contributed by atoms with Crippen LogP contribution >= 0.6 is 11.6 Å². The molecule has 0 saturated carbocycles. The Balaban J connectivity index is 1.60. The summed E-state index contributed by atoms with van der Waals surface area (Å²) < 4.78 is 1.72. The van der Waals surface area contributed by atoms with Crippen LogP contribution in [0.2, 0.25) is 5.02 Å². The summed E-state index contributed by atoms with van der Waals surface area (Å²) in [5, 5.41) is 9.96. The number of hydrogen-bond donors (Lipinski definition) is 1. The molecule has 5 nitrogen and oxygen atoms in total. The number of rotatable bonds is 8. The minimum absolute atomic E-state index is 0.0506. The quantitative estimate of drug-likeness (QED) is 0.343. The fraction of sp³-hybridized carbons (Fsp3) is 0.115. The summed E-state index contributed by atoms with van der Waals surface area (Å²) in [5.41, 5.74) is 3.73. The lowest BCUT2D eigenvalue weighted by molar-refractivity contribution is -0.136. The first-order chi connectivity index (χ1) is 15.4. The number of carboxylic acid groups (broad SMARTS) is 1. The lowest BCUT2D eigenvalue weighted by Gasteiger charge is -2.07. The van der Waals surface area contributed by atoms with Gasteiger partial charge in [0.1, 0.15) is 0 Å². The monoisotopic (exact) mass is 445 g/mol. The van der Waals surface area contributed by atoms with Crippen LogP contribution in [0.3, 0.4) is 0 Å². The summed E-state index contributed by atoms with van der Waals surface area (Å²) in [5.74, 6) is -1.42. The molecule has 0 atom stereocenters. The van der Waals surface area contributed by atoms with Crippen molar-refractivity contribution in [2.24, 2.45) is 0 Å². The van der Waals surface area contributed by atoms with Crippen LogP contribution < -0.4 is 0 Å². The molecule has 0 aliphatic carbocycles. The number of carbonyl (C=O) groups is 3. The van der Waals surface area contributed by atoms with Crippen molar-refractivity contribution in [1.29, 1.82) is 0 Å². The van der Waals surface area contributed by atoms with Crippen LogP contribution in [-0.2, 0) is 11.3 Å². The van der Waals surface area contributed by atoms with Gasteiger partial charge in [0.15, 0.2) is 11.6 Å². The number of carboxylic acids is 1. The van der Waals surface area contributed by atoms with Crippen LogP contribution in [0, 0.1) is 0 Å². The number of aromatic nitrogens is 1. The van der Waals surface area contributed by atoms with E-state index in [-0.39, 0.29) is 31.0 Å². The van der Waals surface area contributed by atoms with Gasteiger partial charge in [-0.25, -0.2) is 0 Å². The highest BCUT2D eigenvalue weighted by molar-refractivity contribution is 6.31. The zero-order valence-corrected chi connectivity index (χ0v) is 17.9. The van der Waals surface area contributed by atoms with Crippen LogP contribution in [0.5, 0.6) is 0 Å². The number of nitrogens with zero attached hydrogens (tertiary/aromatic N) is 1. The molecule has 1 aromatic heterocycles. The molecule has 4 aromatic rings. The van der Waals surface area contributed by atoms with Crippen molar-refractivity contribution in [1.82, 2.24) is 4.57 Å². The number of Topliss-reactive ketones (excluding diaryl/α,β-unsaturated/α-hetero) is 2. The summed E-state index contributed by atoms with van der Waals surface area (Å²) in [6.45, 7) is 0.0506. The third-order valence-corrected chi connectivity index (χ3v) is 5.57. The van der Waals surface area contributed by atoms with Gasteiger partial charge in [0.05, 0.1) is 13.0 Å². The maximum atomic E-state index is 13.0. The average molecular weight is 446 g/mol. The average Bonchev–Trinajstić information content (AvgIpc) is 3.15. The molecule has 0 aliphatic heterocycles. The highest BCUT2D eigenvalue weighted by atomic mass is 35.5. The third-order valence-electron chi connectivity index (χ3n) is 5.34. The zero-order chi connectivity index (χ0) is 22.7. The molecule has 160 valence electrons. The van der Waals surface area contributed by atoms with E-state index in [1.54, 1.807) is 41.1 Å². The maximum absolute atomic E-state index is 13.0. The number of hydrogen-bond acceptors (Lipinski definition) is 3. The molecule has 4 rings (SSSR count). The van der Waals surface area contributed by atoms with Crippen LogP contribution in [-0.4, -0.2) is 27.2 Å². The van der Waals surface area contributed by atoms with E-state index in [1.165, 1.54) is 0 Å². The lowest BCUT2D eigenvalue weighted by atomic mass is 10.0. The molecule has 0 amide bonds. The van der Waals surface area contributed by atoms with E-state index in [1.807, 2.05) is 42.5 Å². The van der Waals surface area contributed by atoms with Crippen molar-refractivity contribution >= 4 is 40.0 Å². The second kappa shape index (κ2) is 9.20. The molecule has 32 heavy (non-hydrogen) atoms. The molecule has 0 radical (unpaired) electrons. The second-order valence-corrected chi connectivity index (χ2v) is 7.95. The highest BCUT2D eigenvalue weighted by Crippen LogP contribution is 2.27. The SMILES string of the molecule is O=C(O)CCC(=O)c1cn(CC(=O)c2ccc(-c3ccccc3)cc2)c2ccc(Cl)cc12. The molecule has 1 heterocycles. The molecular formula is C26H20ClNO4. The normalized spacial score (nSPS) is 10.9. The first-order valence-electron chi connectivity index (χ1n) is 10.1. The Morgan fingerprint density at radius 3 is 2.19 bits per heavy atom. The Morgan fingerprint density at radius 1 is 0.812 bits per heavy atom. The fourth-order valence-corrected chi connectivity index (χ4v) is 3.87. The number of benzene rings is 3. The predicted molar refractivity (Wildman–Crippen MR) is 124 cm³/mol. The van der Waals surface area contributed by atoms with E-state index in [0.29, 0.717) is 27.1 Å². The fourth-order valence-electron chi connectivity index (χ4n) is 3.70. The molecule has 0 unspecified atom stereocenters. The van der Waals surface area contributed by atoms with Crippen LogP contribution in [0.1, 0.15) is 33.6 Å². The van der Waals surface area contributed by atoms with Gasteiger partial charge in [-0.05, 0) is 29.3 Å². The van der Waals surface area contributed by atoms with Gasteiger partial charge in [-0.15, -0.1) is 0 Å².